The second-order valence-electron chi connectivity index (χ2n) is 5.91. The van der Waals surface area contributed by atoms with E-state index in [1.165, 1.54) is 11.8 Å². The van der Waals surface area contributed by atoms with Crippen molar-refractivity contribution in [1.82, 2.24) is 5.32 Å². The highest BCUT2D eigenvalue weighted by molar-refractivity contribution is 8.15. The molecule has 2 amide bonds. The van der Waals surface area contributed by atoms with Crippen molar-refractivity contribution in [3.05, 3.63) is 60.2 Å². The van der Waals surface area contributed by atoms with Crippen molar-refractivity contribution >= 4 is 34.4 Å². The van der Waals surface area contributed by atoms with Crippen LogP contribution in [0.1, 0.15) is 18.9 Å². The van der Waals surface area contributed by atoms with Crippen LogP contribution in [-0.2, 0) is 16.1 Å². The fraction of sp³-hybridized carbons (Fsp3) is 0.250. The van der Waals surface area contributed by atoms with Crippen LogP contribution in [-0.4, -0.2) is 28.8 Å². The van der Waals surface area contributed by atoms with E-state index < -0.39 is 5.25 Å². The predicted octanol–water partition coefficient (Wildman–Crippen LogP) is 3.20. The number of anilines is 1. The zero-order valence-electron chi connectivity index (χ0n) is 15.0. The molecular weight excluding hydrogens is 362 g/mol. The van der Waals surface area contributed by atoms with Gasteiger partial charge in [-0.25, -0.2) is 0 Å². The molecule has 3 rings (SSSR count). The standard InChI is InChI=1S/C20H21N3O3S/c1-2-26-16-10-8-15(9-11-16)22-18(24)12-17-19(25)23-20(27-17)21-13-14-6-4-3-5-7-14/h3-11,17H,2,12-13H2,1H3,(H,22,24)(H,21,23,25)/t17-/m1/s1. The molecule has 0 spiro atoms. The van der Waals surface area contributed by atoms with Crippen LogP contribution in [0.25, 0.3) is 0 Å². The molecule has 0 saturated carbocycles. The van der Waals surface area contributed by atoms with Gasteiger partial charge in [0.2, 0.25) is 11.8 Å². The van der Waals surface area contributed by atoms with E-state index in [0.717, 1.165) is 11.3 Å². The summed E-state index contributed by atoms with van der Waals surface area (Å²) in [6.07, 6.45) is 0.0913. The third kappa shape index (κ3) is 5.59. The maximum absolute atomic E-state index is 12.2. The Bertz CT molecular complexity index is 822. The van der Waals surface area contributed by atoms with Crippen molar-refractivity contribution in [1.29, 1.82) is 0 Å². The summed E-state index contributed by atoms with van der Waals surface area (Å²) in [6, 6.07) is 16.9. The number of amidine groups is 1. The molecule has 2 aromatic rings. The number of thioether (sulfide) groups is 1. The van der Waals surface area contributed by atoms with Gasteiger partial charge in [0.25, 0.3) is 0 Å². The molecular formula is C20H21N3O3S. The topological polar surface area (TPSA) is 79.8 Å². The average Bonchev–Trinajstić information content (AvgIpc) is 3.02. The molecule has 1 saturated heterocycles. The van der Waals surface area contributed by atoms with E-state index in [0.29, 0.717) is 24.0 Å². The van der Waals surface area contributed by atoms with E-state index in [2.05, 4.69) is 15.6 Å². The van der Waals surface area contributed by atoms with Crippen LogP contribution < -0.4 is 15.4 Å². The highest BCUT2D eigenvalue weighted by atomic mass is 32.2. The number of carbonyl (C=O) groups is 2. The van der Waals surface area contributed by atoms with Gasteiger partial charge < -0.3 is 15.4 Å². The predicted molar refractivity (Wildman–Crippen MR) is 108 cm³/mol. The van der Waals surface area contributed by atoms with E-state index in [9.17, 15) is 9.59 Å². The Hall–Kier alpha value is -2.80. The number of hydrogen-bond acceptors (Lipinski definition) is 5. The maximum atomic E-state index is 12.2. The summed E-state index contributed by atoms with van der Waals surface area (Å²) in [5, 5.41) is 5.63. The van der Waals surface area contributed by atoms with E-state index in [-0.39, 0.29) is 18.2 Å². The quantitative estimate of drug-likeness (QED) is 0.769. The first kappa shape index (κ1) is 19.0. The minimum absolute atomic E-state index is 0.0913. The van der Waals surface area contributed by atoms with Crippen LogP contribution >= 0.6 is 11.8 Å². The minimum Gasteiger partial charge on any atom is -0.494 e. The van der Waals surface area contributed by atoms with Gasteiger partial charge in [-0.2, -0.15) is 0 Å². The first-order chi connectivity index (χ1) is 13.1. The smallest absolute Gasteiger partial charge is 0.240 e. The van der Waals surface area contributed by atoms with Gasteiger partial charge in [-0.05, 0) is 36.8 Å². The third-order valence-corrected chi connectivity index (χ3v) is 4.96. The van der Waals surface area contributed by atoms with Gasteiger partial charge in [-0.1, -0.05) is 42.1 Å². The molecule has 6 nitrogen and oxygen atoms in total. The number of nitrogens with one attached hydrogen (secondary N) is 2. The number of hydrogen-bond donors (Lipinski definition) is 2. The van der Waals surface area contributed by atoms with Crippen LogP contribution in [0.5, 0.6) is 5.75 Å². The maximum Gasteiger partial charge on any atom is 0.240 e. The van der Waals surface area contributed by atoms with Crippen molar-refractivity contribution in [3.63, 3.8) is 0 Å². The lowest BCUT2D eigenvalue weighted by atomic mass is 10.2. The van der Waals surface area contributed by atoms with Crippen LogP contribution in [0, 0.1) is 0 Å². The molecule has 7 heteroatoms. The highest BCUT2D eigenvalue weighted by Crippen LogP contribution is 2.24. The zero-order chi connectivity index (χ0) is 19.1. The Morgan fingerprint density at radius 3 is 2.63 bits per heavy atom. The number of carbonyl (C=O) groups excluding carboxylic acids is 2. The summed E-state index contributed by atoms with van der Waals surface area (Å²) >= 11 is 1.29. The molecule has 140 valence electrons. The second-order valence-corrected chi connectivity index (χ2v) is 7.10. The molecule has 1 fully saturated rings. The number of aliphatic imine (C=N–C) groups is 1. The zero-order valence-corrected chi connectivity index (χ0v) is 15.8. The number of ether oxygens (including phenoxy) is 1. The SMILES string of the molecule is CCOc1ccc(NC(=O)C[C@H]2SC(=NCc3ccccc3)NC2=O)cc1. The van der Waals surface area contributed by atoms with E-state index in [1.807, 2.05) is 37.3 Å². The van der Waals surface area contributed by atoms with Crippen molar-refractivity contribution < 1.29 is 14.3 Å². The van der Waals surface area contributed by atoms with Gasteiger partial charge in [0.1, 0.15) is 11.0 Å². The largest absolute Gasteiger partial charge is 0.494 e. The van der Waals surface area contributed by atoms with Crippen molar-refractivity contribution in [2.24, 2.45) is 4.99 Å². The van der Waals surface area contributed by atoms with Gasteiger partial charge >= 0.3 is 0 Å². The summed E-state index contributed by atoms with van der Waals surface area (Å²) in [5.41, 5.74) is 1.74. The lowest BCUT2D eigenvalue weighted by Gasteiger charge is -2.08. The summed E-state index contributed by atoms with van der Waals surface area (Å²) < 4.78 is 5.37. The molecule has 1 atom stereocenters. The van der Waals surface area contributed by atoms with E-state index in [1.54, 1.807) is 24.3 Å². The Labute approximate surface area is 162 Å². The first-order valence-electron chi connectivity index (χ1n) is 8.72. The number of amides is 2. The van der Waals surface area contributed by atoms with Gasteiger partial charge in [0, 0.05) is 12.1 Å². The first-order valence-corrected chi connectivity index (χ1v) is 9.60. The molecule has 0 unspecified atom stereocenters. The molecule has 0 radical (unpaired) electrons. The van der Waals surface area contributed by atoms with Crippen LogP contribution in [0.2, 0.25) is 0 Å². The van der Waals surface area contributed by atoms with Crippen molar-refractivity contribution in [3.8, 4) is 5.75 Å². The van der Waals surface area contributed by atoms with Gasteiger partial charge in [0.05, 0.1) is 13.2 Å². The summed E-state index contributed by atoms with van der Waals surface area (Å²) in [4.78, 5) is 28.7. The Morgan fingerprint density at radius 1 is 1.19 bits per heavy atom. The molecule has 27 heavy (non-hydrogen) atoms. The fourth-order valence-electron chi connectivity index (χ4n) is 2.54. The Morgan fingerprint density at radius 2 is 1.93 bits per heavy atom. The molecule has 0 bridgehead atoms. The number of nitrogens with zero attached hydrogens (tertiary/aromatic N) is 1. The van der Waals surface area contributed by atoms with Gasteiger partial charge in [-0.3, -0.25) is 14.6 Å². The Kier molecular flexibility index (Phi) is 6.49. The Balaban J connectivity index is 1.51. The molecule has 0 aromatic heterocycles. The normalized spacial score (nSPS) is 17.6. The average molecular weight is 383 g/mol. The minimum atomic E-state index is -0.470. The van der Waals surface area contributed by atoms with Crippen LogP contribution in [0.15, 0.2) is 59.6 Å². The lowest BCUT2D eigenvalue weighted by molar-refractivity contribution is -0.122. The highest BCUT2D eigenvalue weighted by Gasteiger charge is 2.31. The van der Waals surface area contributed by atoms with Crippen LogP contribution in [0.4, 0.5) is 5.69 Å². The summed E-state index contributed by atoms with van der Waals surface area (Å²) in [6.45, 7) is 3.00. The fourth-order valence-corrected chi connectivity index (χ4v) is 3.51. The molecule has 1 aliphatic rings. The number of rotatable bonds is 7. The number of benzene rings is 2. The molecule has 1 aliphatic heterocycles. The summed E-state index contributed by atoms with van der Waals surface area (Å²) in [5.74, 6) is 0.352. The monoisotopic (exact) mass is 383 g/mol. The molecule has 2 aromatic carbocycles. The molecule has 2 N–H and O–H groups in total. The van der Waals surface area contributed by atoms with Gasteiger partial charge in [-0.15, -0.1) is 0 Å². The van der Waals surface area contributed by atoms with Crippen molar-refractivity contribution in [2.75, 3.05) is 11.9 Å². The molecule has 0 aliphatic carbocycles. The van der Waals surface area contributed by atoms with Crippen LogP contribution in [0.3, 0.4) is 0 Å². The molecule has 1 heterocycles. The van der Waals surface area contributed by atoms with E-state index >= 15 is 0 Å². The lowest BCUT2D eigenvalue weighted by Crippen LogP contribution is -2.28. The second kappa shape index (κ2) is 9.23. The third-order valence-electron chi connectivity index (χ3n) is 3.84. The van der Waals surface area contributed by atoms with E-state index in [4.69, 9.17) is 4.74 Å². The van der Waals surface area contributed by atoms with Crippen molar-refractivity contribution in [2.45, 2.75) is 25.1 Å². The van der Waals surface area contributed by atoms with Gasteiger partial charge in [0.15, 0.2) is 5.17 Å². The summed E-state index contributed by atoms with van der Waals surface area (Å²) in [7, 11) is 0.